The molecule has 0 amide bonds. The van der Waals surface area contributed by atoms with Gasteiger partial charge in [-0.15, -0.1) is 13.2 Å². The predicted octanol–water partition coefficient (Wildman–Crippen LogP) is 2.12. The number of aromatic nitrogens is 1. The van der Waals surface area contributed by atoms with Crippen molar-refractivity contribution in [3.05, 3.63) is 40.2 Å². The number of carbonyl (C=O) groups is 1. The van der Waals surface area contributed by atoms with Crippen LogP contribution in [0.3, 0.4) is 0 Å². The summed E-state index contributed by atoms with van der Waals surface area (Å²) in [5.74, 6) is -1.93. The van der Waals surface area contributed by atoms with E-state index in [4.69, 9.17) is 5.11 Å². The number of benzene rings is 1. The number of halogens is 3. The number of nitrogens with one attached hydrogen (secondary N) is 1. The lowest BCUT2D eigenvalue weighted by molar-refractivity contribution is -0.274. The smallest absolute Gasteiger partial charge is 0.477 e. The Labute approximate surface area is 103 Å². The summed E-state index contributed by atoms with van der Waals surface area (Å²) in [6, 6.07) is 3.87. The number of hydrogen-bond donors (Lipinski definition) is 2. The van der Waals surface area contributed by atoms with Gasteiger partial charge in [-0.2, -0.15) is 0 Å². The molecule has 19 heavy (non-hydrogen) atoms. The van der Waals surface area contributed by atoms with Crippen molar-refractivity contribution < 1.29 is 27.8 Å². The maximum absolute atomic E-state index is 12.0. The molecule has 0 fully saturated rings. The first kappa shape index (κ1) is 12.9. The summed E-state index contributed by atoms with van der Waals surface area (Å²) >= 11 is 0. The number of pyridine rings is 1. The Morgan fingerprint density at radius 2 is 1.95 bits per heavy atom. The first-order chi connectivity index (χ1) is 8.76. The highest BCUT2D eigenvalue weighted by molar-refractivity contribution is 5.90. The SMILES string of the molecule is O=C(O)c1cc(=O)c2ccc(OC(F)(F)F)cc2[nH]1. The van der Waals surface area contributed by atoms with Gasteiger partial charge >= 0.3 is 12.3 Å². The van der Waals surface area contributed by atoms with Crippen LogP contribution in [0.5, 0.6) is 5.75 Å². The Morgan fingerprint density at radius 1 is 1.26 bits per heavy atom. The molecule has 0 atom stereocenters. The number of fused-ring (bicyclic) bond motifs is 1. The van der Waals surface area contributed by atoms with E-state index in [-0.39, 0.29) is 10.9 Å². The van der Waals surface area contributed by atoms with Crippen LogP contribution in [0.2, 0.25) is 0 Å². The molecule has 0 aliphatic rings. The molecule has 0 saturated heterocycles. The van der Waals surface area contributed by atoms with Crippen LogP contribution in [0.15, 0.2) is 29.1 Å². The quantitative estimate of drug-likeness (QED) is 0.878. The molecular weight excluding hydrogens is 267 g/mol. The summed E-state index contributed by atoms with van der Waals surface area (Å²) in [5.41, 5.74) is -1.07. The number of aromatic carboxylic acids is 1. The molecule has 1 heterocycles. The standard InChI is InChI=1S/C11H6F3NO4/c12-11(13,14)19-5-1-2-6-7(3-5)15-8(10(17)18)4-9(6)16/h1-4H,(H,15,16)(H,17,18). The van der Waals surface area contributed by atoms with Crippen LogP contribution in [0.4, 0.5) is 13.2 Å². The summed E-state index contributed by atoms with van der Waals surface area (Å²) in [6.07, 6.45) is -4.86. The molecule has 2 N–H and O–H groups in total. The van der Waals surface area contributed by atoms with Gasteiger partial charge in [-0.05, 0) is 12.1 Å². The molecule has 1 aromatic carbocycles. The average molecular weight is 273 g/mol. The number of hydrogen-bond acceptors (Lipinski definition) is 3. The van der Waals surface area contributed by atoms with E-state index in [0.717, 1.165) is 24.3 Å². The van der Waals surface area contributed by atoms with Gasteiger partial charge in [-0.25, -0.2) is 4.79 Å². The second kappa shape index (κ2) is 4.30. The molecular formula is C11H6F3NO4. The maximum Gasteiger partial charge on any atom is 0.573 e. The van der Waals surface area contributed by atoms with Gasteiger partial charge in [0.25, 0.3) is 0 Å². The monoisotopic (exact) mass is 273 g/mol. The summed E-state index contributed by atoms with van der Waals surface area (Å²) < 4.78 is 39.8. The highest BCUT2D eigenvalue weighted by atomic mass is 19.4. The molecule has 1 aromatic heterocycles. The topological polar surface area (TPSA) is 79.4 Å². The van der Waals surface area contributed by atoms with Gasteiger partial charge < -0.3 is 14.8 Å². The van der Waals surface area contributed by atoms with E-state index in [1.807, 2.05) is 0 Å². The van der Waals surface area contributed by atoms with Crippen LogP contribution in [-0.2, 0) is 0 Å². The van der Waals surface area contributed by atoms with Crippen molar-refractivity contribution in [2.75, 3.05) is 0 Å². The van der Waals surface area contributed by atoms with Crippen molar-refractivity contribution in [1.82, 2.24) is 4.98 Å². The lowest BCUT2D eigenvalue weighted by atomic mass is 10.2. The summed E-state index contributed by atoms with van der Waals surface area (Å²) in [4.78, 5) is 24.6. The summed E-state index contributed by atoms with van der Waals surface area (Å²) in [6.45, 7) is 0. The molecule has 0 radical (unpaired) electrons. The van der Waals surface area contributed by atoms with Crippen LogP contribution in [-0.4, -0.2) is 22.4 Å². The molecule has 0 unspecified atom stereocenters. The van der Waals surface area contributed by atoms with Crippen LogP contribution in [0.25, 0.3) is 10.9 Å². The first-order valence-corrected chi connectivity index (χ1v) is 4.92. The van der Waals surface area contributed by atoms with Crippen LogP contribution >= 0.6 is 0 Å². The van der Waals surface area contributed by atoms with Crippen LogP contribution in [0, 0.1) is 0 Å². The number of H-pyrrole nitrogens is 1. The zero-order valence-corrected chi connectivity index (χ0v) is 9.12. The van der Waals surface area contributed by atoms with E-state index in [9.17, 15) is 22.8 Å². The summed E-state index contributed by atoms with van der Waals surface area (Å²) in [7, 11) is 0. The summed E-state index contributed by atoms with van der Waals surface area (Å²) in [5, 5.41) is 8.81. The zero-order valence-electron chi connectivity index (χ0n) is 9.12. The second-order valence-corrected chi connectivity index (χ2v) is 3.61. The molecule has 5 nitrogen and oxygen atoms in total. The molecule has 100 valence electrons. The third kappa shape index (κ3) is 2.84. The number of ether oxygens (including phenoxy) is 1. The fourth-order valence-corrected chi connectivity index (χ4v) is 1.54. The molecule has 0 aliphatic carbocycles. The van der Waals surface area contributed by atoms with E-state index < -0.39 is 29.2 Å². The van der Waals surface area contributed by atoms with Gasteiger partial charge in [-0.3, -0.25) is 4.79 Å². The van der Waals surface area contributed by atoms with Gasteiger partial charge in [0.2, 0.25) is 0 Å². The molecule has 0 saturated carbocycles. The van der Waals surface area contributed by atoms with Crippen LogP contribution < -0.4 is 10.2 Å². The van der Waals surface area contributed by atoms with E-state index in [1.54, 1.807) is 0 Å². The van der Waals surface area contributed by atoms with Crippen molar-refractivity contribution in [3.63, 3.8) is 0 Å². The van der Waals surface area contributed by atoms with Crippen molar-refractivity contribution >= 4 is 16.9 Å². The third-order valence-corrected chi connectivity index (χ3v) is 2.27. The highest BCUT2D eigenvalue weighted by Gasteiger charge is 2.31. The molecule has 2 aromatic rings. The number of carboxylic acid groups (broad SMARTS) is 1. The van der Waals surface area contributed by atoms with Crippen molar-refractivity contribution in [1.29, 1.82) is 0 Å². The van der Waals surface area contributed by atoms with E-state index in [1.165, 1.54) is 0 Å². The minimum Gasteiger partial charge on any atom is -0.477 e. The molecule has 2 rings (SSSR count). The van der Waals surface area contributed by atoms with E-state index in [0.29, 0.717) is 0 Å². The average Bonchev–Trinajstić information content (AvgIpc) is 2.25. The minimum absolute atomic E-state index is 0.0494. The van der Waals surface area contributed by atoms with Gasteiger partial charge in [-0.1, -0.05) is 0 Å². The molecule has 8 heteroatoms. The highest BCUT2D eigenvalue weighted by Crippen LogP contribution is 2.24. The van der Waals surface area contributed by atoms with Crippen LogP contribution in [0.1, 0.15) is 10.5 Å². The van der Waals surface area contributed by atoms with Crippen molar-refractivity contribution in [3.8, 4) is 5.75 Å². The Hall–Kier alpha value is -2.51. The van der Waals surface area contributed by atoms with Gasteiger partial charge in [0.15, 0.2) is 5.43 Å². The van der Waals surface area contributed by atoms with E-state index >= 15 is 0 Å². The Balaban J connectivity index is 2.58. The first-order valence-electron chi connectivity index (χ1n) is 4.92. The Bertz CT molecular complexity index is 705. The molecule has 0 spiro atoms. The Morgan fingerprint density at radius 3 is 2.53 bits per heavy atom. The fraction of sp³-hybridized carbons (Fsp3) is 0.0909. The third-order valence-electron chi connectivity index (χ3n) is 2.27. The number of alkyl halides is 3. The van der Waals surface area contributed by atoms with Crippen molar-refractivity contribution in [2.45, 2.75) is 6.36 Å². The van der Waals surface area contributed by atoms with Gasteiger partial charge in [0, 0.05) is 17.5 Å². The lowest BCUT2D eigenvalue weighted by Crippen LogP contribution is -2.17. The molecule has 0 aliphatic heterocycles. The predicted molar refractivity (Wildman–Crippen MR) is 58.2 cm³/mol. The zero-order chi connectivity index (χ0) is 14.2. The maximum atomic E-state index is 12.0. The Kier molecular flexibility index (Phi) is 2.93. The number of rotatable bonds is 2. The number of aromatic amines is 1. The lowest BCUT2D eigenvalue weighted by Gasteiger charge is -2.09. The van der Waals surface area contributed by atoms with Crippen molar-refractivity contribution in [2.24, 2.45) is 0 Å². The second-order valence-electron chi connectivity index (χ2n) is 3.61. The minimum atomic E-state index is -4.86. The largest absolute Gasteiger partial charge is 0.573 e. The molecule has 0 bridgehead atoms. The van der Waals surface area contributed by atoms with Gasteiger partial charge in [0.05, 0.1) is 5.52 Å². The van der Waals surface area contributed by atoms with E-state index in [2.05, 4.69) is 9.72 Å². The van der Waals surface area contributed by atoms with Gasteiger partial charge in [0.1, 0.15) is 11.4 Å². The fourth-order valence-electron chi connectivity index (χ4n) is 1.54. The normalized spacial score (nSPS) is 11.5. The number of carboxylic acids is 1.